The van der Waals surface area contributed by atoms with Crippen molar-refractivity contribution in [3.8, 4) is 5.88 Å². The van der Waals surface area contributed by atoms with Gasteiger partial charge in [0.05, 0.1) is 11.4 Å². The Morgan fingerprint density at radius 2 is 1.86 bits per heavy atom. The lowest BCUT2D eigenvalue weighted by atomic mass is 9.96. The zero-order valence-electron chi connectivity index (χ0n) is 16.2. The van der Waals surface area contributed by atoms with Gasteiger partial charge < -0.3 is 5.11 Å². The van der Waals surface area contributed by atoms with Crippen molar-refractivity contribution in [2.75, 3.05) is 0 Å². The summed E-state index contributed by atoms with van der Waals surface area (Å²) in [4.78, 5) is 20.2. The number of rotatable bonds is 4. The van der Waals surface area contributed by atoms with E-state index in [1.807, 2.05) is 68.4 Å². The van der Waals surface area contributed by atoms with Gasteiger partial charge in [-0.25, -0.2) is 4.99 Å². The Morgan fingerprint density at radius 1 is 1.17 bits per heavy atom. The number of benzene rings is 2. The molecule has 0 radical (unpaired) electrons. The first kappa shape index (κ1) is 19.1. The van der Waals surface area contributed by atoms with Crippen molar-refractivity contribution in [1.29, 1.82) is 0 Å². The highest BCUT2D eigenvalue weighted by Gasteiger charge is 2.24. The number of aliphatic imine (C=N–C) groups is 1. The third-order valence-electron chi connectivity index (χ3n) is 5.20. The monoisotopic (exact) mass is 403 g/mol. The highest BCUT2D eigenvalue weighted by molar-refractivity contribution is 7.71. The number of para-hydroxylation sites is 1. The number of fused-ring (bicyclic) bond motifs is 1. The quantitative estimate of drug-likeness (QED) is 0.584. The number of hydrogen-bond donors (Lipinski definition) is 2. The van der Waals surface area contributed by atoms with E-state index in [2.05, 4.69) is 4.98 Å². The van der Waals surface area contributed by atoms with Crippen LogP contribution in [0, 0.1) is 4.77 Å². The second kappa shape index (κ2) is 7.64. The van der Waals surface area contributed by atoms with Crippen LogP contribution in [0.25, 0.3) is 11.6 Å². The number of H-pyrrole nitrogens is 1. The number of aromatic hydroxyl groups is 1. The average molecular weight is 404 g/mol. The minimum atomic E-state index is -0.420. The van der Waals surface area contributed by atoms with Gasteiger partial charge in [0.1, 0.15) is 5.56 Å². The van der Waals surface area contributed by atoms with Gasteiger partial charge in [0, 0.05) is 22.7 Å². The molecule has 1 unspecified atom stereocenters. The standard InChI is InChI=1S/C23H21N3O2S/c1-3-14(2)26-22(28)18(21(27)25-23(26)29)13-17-16-11-7-8-12-19(16)24-20(17)15-9-5-4-6-10-15/h4-14,28H,3H2,1-2H3,(H,25,27,29). The van der Waals surface area contributed by atoms with Crippen LogP contribution >= 0.6 is 12.2 Å². The van der Waals surface area contributed by atoms with Gasteiger partial charge in [-0.05, 0) is 37.7 Å². The van der Waals surface area contributed by atoms with Gasteiger partial charge >= 0.3 is 0 Å². The SMILES string of the molecule is CCC(C)n1c(O)c(C=C2C(c3ccccc3)=Nc3ccccc32)c(=O)[nH]c1=S. The average Bonchev–Trinajstić information content (AvgIpc) is 3.10. The molecule has 0 amide bonds. The van der Waals surface area contributed by atoms with E-state index in [1.54, 1.807) is 10.6 Å². The van der Waals surface area contributed by atoms with Crippen LogP contribution in [-0.4, -0.2) is 20.4 Å². The summed E-state index contributed by atoms with van der Waals surface area (Å²) in [5, 5.41) is 10.9. The molecule has 1 aliphatic heterocycles. The Bertz CT molecular complexity index is 1250. The highest BCUT2D eigenvalue weighted by Crippen LogP contribution is 2.38. The normalized spacial score (nSPS) is 15.2. The van der Waals surface area contributed by atoms with E-state index in [4.69, 9.17) is 17.2 Å². The van der Waals surface area contributed by atoms with Crippen LogP contribution in [-0.2, 0) is 0 Å². The molecule has 3 aromatic rings. The van der Waals surface area contributed by atoms with Crippen LogP contribution in [0.1, 0.15) is 43.0 Å². The maximum atomic E-state index is 12.7. The van der Waals surface area contributed by atoms with Gasteiger partial charge in [0.25, 0.3) is 5.56 Å². The van der Waals surface area contributed by atoms with E-state index in [-0.39, 0.29) is 22.3 Å². The van der Waals surface area contributed by atoms with E-state index < -0.39 is 5.56 Å². The van der Waals surface area contributed by atoms with Crippen molar-refractivity contribution >= 4 is 35.3 Å². The molecule has 0 saturated heterocycles. The highest BCUT2D eigenvalue weighted by atomic mass is 32.1. The molecule has 1 aliphatic rings. The van der Waals surface area contributed by atoms with E-state index >= 15 is 0 Å². The largest absolute Gasteiger partial charge is 0.494 e. The number of nitrogens with one attached hydrogen (secondary N) is 1. The maximum Gasteiger partial charge on any atom is 0.262 e. The van der Waals surface area contributed by atoms with Gasteiger partial charge in [0.15, 0.2) is 4.77 Å². The molecule has 0 spiro atoms. The molecule has 1 aromatic heterocycles. The summed E-state index contributed by atoms with van der Waals surface area (Å²) >= 11 is 5.28. The summed E-state index contributed by atoms with van der Waals surface area (Å²) < 4.78 is 1.80. The summed E-state index contributed by atoms with van der Waals surface area (Å²) in [5.41, 5.74) is 4.01. The minimum absolute atomic E-state index is 0.0466. The van der Waals surface area contributed by atoms with E-state index in [0.717, 1.165) is 34.5 Å². The van der Waals surface area contributed by atoms with Crippen LogP contribution in [0.15, 0.2) is 64.4 Å². The lowest BCUT2D eigenvalue weighted by molar-refractivity contribution is 0.371. The van der Waals surface area contributed by atoms with Crippen LogP contribution in [0.5, 0.6) is 5.88 Å². The molecule has 29 heavy (non-hydrogen) atoms. The number of allylic oxidation sites excluding steroid dienone is 1. The molecular formula is C23H21N3O2S. The zero-order chi connectivity index (χ0) is 20.5. The molecule has 4 rings (SSSR count). The first-order valence-electron chi connectivity index (χ1n) is 9.54. The van der Waals surface area contributed by atoms with Crippen molar-refractivity contribution < 1.29 is 5.11 Å². The van der Waals surface area contributed by atoms with Crippen LogP contribution in [0.4, 0.5) is 5.69 Å². The zero-order valence-corrected chi connectivity index (χ0v) is 17.0. The molecule has 0 bridgehead atoms. The molecule has 1 atom stereocenters. The van der Waals surface area contributed by atoms with Crippen LogP contribution in [0.2, 0.25) is 0 Å². The third-order valence-corrected chi connectivity index (χ3v) is 5.50. The second-order valence-corrected chi connectivity index (χ2v) is 7.41. The predicted octanol–water partition coefficient (Wildman–Crippen LogP) is 5.26. The molecule has 0 aliphatic carbocycles. The van der Waals surface area contributed by atoms with Crippen LogP contribution < -0.4 is 5.56 Å². The summed E-state index contributed by atoms with van der Waals surface area (Å²) in [6.07, 6.45) is 2.48. The van der Waals surface area contributed by atoms with Gasteiger partial charge in [-0.3, -0.25) is 14.3 Å². The van der Waals surface area contributed by atoms with Crippen molar-refractivity contribution in [2.45, 2.75) is 26.3 Å². The molecule has 6 heteroatoms. The van der Waals surface area contributed by atoms with Crippen molar-refractivity contribution in [3.63, 3.8) is 0 Å². The molecule has 146 valence electrons. The van der Waals surface area contributed by atoms with Crippen molar-refractivity contribution in [1.82, 2.24) is 9.55 Å². The lowest BCUT2D eigenvalue weighted by Crippen LogP contribution is -2.19. The Labute approximate surface area is 173 Å². The first-order valence-corrected chi connectivity index (χ1v) is 9.95. The van der Waals surface area contributed by atoms with E-state index in [0.29, 0.717) is 0 Å². The topological polar surface area (TPSA) is 70.4 Å². The first-order chi connectivity index (χ1) is 14.0. The molecule has 5 nitrogen and oxygen atoms in total. The Kier molecular flexibility index (Phi) is 5.03. The number of hydrogen-bond acceptors (Lipinski definition) is 4. The number of aromatic amines is 1. The molecule has 0 fully saturated rings. The Hall–Kier alpha value is -3.25. The van der Waals surface area contributed by atoms with Crippen molar-refractivity contribution in [3.05, 3.63) is 86.4 Å². The van der Waals surface area contributed by atoms with Gasteiger partial charge in [0.2, 0.25) is 5.88 Å². The van der Waals surface area contributed by atoms with E-state index in [1.165, 1.54) is 0 Å². The molecular weight excluding hydrogens is 382 g/mol. The third kappa shape index (κ3) is 3.36. The summed E-state index contributed by atoms with van der Waals surface area (Å²) in [7, 11) is 0. The smallest absolute Gasteiger partial charge is 0.262 e. The van der Waals surface area contributed by atoms with Gasteiger partial charge in [-0.1, -0.05) is 55.5 Å². The molecule has 2 aromatic carbocycles. The lowest BCUT2D eigenvalue weighted by Gasteiger charge is -2.17. The fraction of sp³-hybridized carbons (Fsp3) is 0.174. The van der Waals surface area contributed by atoms with Gasteiger partial charge in [-0.2, -0.15) is 0 Å². The number of aromatic nitrogens is 2. The predicted molar refractivity (Wildman–Crippen MR) is 120 cm³/mol. The summed E-state index contributed by atoms with van der Waals surface area (Å²) in [5.74, 6) is -0.127. The second-order valence-electron chi connectivity index (χ2n) is 7.03. The fourth-order valence-corrected chi connectivity index (χ4v) is 3.85. The number of nitrogens with zero attached hydrogens (tertiary/aromatic N) is 2. The van der Waals surface area contributed by atoms with Crippen molar-refractivity contribution in [2.24, 2.45) is 4.99 Å². The maximum absolute atomic E-state index is 12.7. The molecule has 2 heterocycles. The van der Waals surface area contributed by atoms with Gasteiger partial charge in [-0.15, -0.1) is 0 Å². The molecule has 2 N–H and O–H groups in total. The molecule has 0 saturated carbocycles. The fourth-order valence-electron chi connectivity index (χ4n) is 3.49. The minimum Gasteiger partial charge on any atom is -0.494 e. The summed E-state index contributed by atoms with van der Waals surface area (Å²) in [6.45, 7) is 3.95. The Balaban J connectivity index is 1.97. The van der Waals surface area contributed by atoms with Crippen LogP contribution in [0.3, 0.4) is 0 Å². The Morgan fingerprint density at radius 3 is 2.59 bits per heavy atom. The van der Waals surface area contributed by atoms with E-state index in [9.17, 15) is 9.90 Å². The summed E-state index contributed by atoms with van der Waals surface area (Å²) in [6, 6.07) is 17.5.